The lowest BCUT2D eigenvalue weighted by Gasteiger charge is -2.35. The molecule has 184 valence electrons. The molecule has 0 spiro atoms. The van der Waals surface area contributed by atoms with E-state index in [1.54, 1.807) is 52.4 Å². The summed E-state index contributed by atoms with van der Waals surface area (Å²) in [4.78, 5) is 15.5. The Hall–Kier alpha value is -1.01. The molecule has 1 aliphatic rings. The smallest absolute Gasteiger partial charge is 0.319 e. The van der Waals surface area contributed by atoms with Gasteiger partial charge in [-0.05, 0) is 0 Å². The van der Waals surface area contributed by atoms with Gasteiger partial charge in [-0.25, -0.2) is 4.79 Å². The minimum Gasteiger partial charge on any atom is -0.384 e. The summed E-state index contributed by atoms with van der Waals surface area (Å²) in [6.07, 6.45) is 0. The molecule has 1 fully saturated rings. The lowest BCUT2D eigenvalue weighted by atomic mass is 9.90. The van der Waals surface area contributed by atoms with Gasteiger partial charge in [0.2, 0.25) is 0 Å². The summed E-state index contributed by atoms with van der Waals surface area (Å²) in [7, 11) is 10.0. The number of hydrogen-bond donors (Lipinski definition) is 0. The van der Waals surface area contributed by atoms with Gasteiger partial charge in [0.25, 0.3) is 0 Å². The first-order valence-electron chi connectivity index (χ1n) is 10.5. The molecule has 0 atom stereocenters. The number of carbonyl (C=O) groups is 1. The zero-order valence-electron chi connectivity index (χ0n) is 20.1. The Morgan fingerprint density at radius 1 is 0.677 bits per heavy atom. The number of methoxy groups -OCH3 is 5. The summed E-state index contributed by atoms with van der Waals surface area (Å²) in [5, 5.41) is 0. The highest BCUT2D eigenvalue weighted by Gasteiger charge is 2.36. The quantitative estimate of drug-likeness (QED) is 0.264. The Balaban J connectivity index is 2.65. The van der Waals surface area contributed by atoms with Gasteiger partial charge in [-0.2, -0.15) is 0 Å². The van der Waals surface area contributed by atoms with Crippen molar-refractivity contribution in [3.8, 4) is 0 Å². The van der Waals surface area contributed by atoms with Crippen LogP contribution < -0.4 is 0 Å². The Bertz CT molecular complexity index is 471. The molecule has 10 heteroatoms. The molecule has 1 aliphatic heterocycles. The van der Waals surface area contributed by atoms with Gasteiger partial charge in [-0.15, -0.1) is 0 Å². The van der Waals surface area contributed by atoms with Gasteiger partial charge in [0.05, 0.1) is 70.3 Å². The molecule has 0 aromatic carbocycles. The van der Waals surface area contributed by atoms with Crippen molar-refractivity contribution >= 4 is 6.03 Å². The van der Waals surface area contributed by atoms with Gasteiger partial charge in [0, 0.05) is 62.2 Å². The Morgan fingerprint density at radius 3 is 1.48 bits per heavy atom. The molecule has 10 nitrogen and oxygen atoms in total. The van der Waals surface area contributed by atoms with Crippen molar-refractivity contribution in [2.75, 3.05) is 122 Å². The van der Waals surface area contributed by atoms with Crippen molar-refractivity contribution in [1.29, 1.82) is 0 Å². The third kappa shape index (κ3) is 9.17. The molecule has 1 saturated heterocycles. The monoisotopic (exact) mass is 450 g/mol. The molecule has 31 heavy (non-hydrogen) atoms. The third-order valence-electron chi connectivity index (χ3n) is 5.29. The number of ether oxygens (including phenoxy) is 7. The van der Waals surface area contributed by atoms with E-state index >= 15 is 0 Å². The van der Waals surface area contributed by atoms with E-state index in [0.29, 0.717) is 66.0 Å². The lowest BCUT2D eigenvalue weighted by molar-refractivity contribution is -0.128. The second kappa shape index (κ2) is 14.9. The van der Waals surface area contributed by atoms with E-state index in [-0.39, 0.29) is 6.03 Å². The summed E-state index contributed by atoms with van der Waals surface area (Å²) in [6.45, 7) is 5.80. The van der Waals surface area contributed by atoms with Crippen LogP contribution in [0.5, 0.6) is 0 Å². The summed E-state index contributed by atoms with van der Waals surface area (Å²) >= 11 is 0. The van der Waals surface area contributed by atoms with Gasteiger partial charge in [-0.3, -0.25) is 0 Å². The molecule has 0 bridgehead atoms. The van der Waals surface area contributed by atoms with Crippen molar-refractivity contribution in [2.45, 2.75) is 0 Å². The number of amides is 2. The van der Waals surface area contributed by atoms with E-state index in [1.807, 2.05) is 0 Å². The van der Waals surface area contributed by atoms with Crippen LogP contribution in [0.2, 0.25) is 0 Å². The SMILES string of the molecule is COCC(COC)(COC)COCC(COC)(COC)COCCN1CCN(C)C1=O. The van der Waals surface area contributed by atoms with Crippen LogP contribution in [-0.4, -0.2) is 138 Å². The molecule has 1 heterocycles. The van der Waals surface area contributed by atoms with E-state index in [2.05, 4.69) is 0 Å². The maximum atomic E-state index is 12.0. The molecular weight excluding hydrogens is 408 g/mol. The van der Waals surface area contributed by atoms with Gasteiger partial charge < -0.3 is 43.0 Å². The van der Waals surface area contributed by atoms with Crippen LogP contribution in [0.25, 0.3) is 0 Å². The van der Waals surface area contributed by atoms with Crippen LogP contribution in [0.3, 0.4) is 0 Å². The van der Waals surface area contributed by atoms with Crippen molar-refractivity contribution in [2.24, 2.45) is 10.8 Å². The maximum Gasteiger partial charge on any atom is 0.319 e. The van der Waals surface area contributed by atoms with Crippen LogP contribution in [0.4, 0.5) is 4.79 Å². The van der Waals surface area contributed by atoms with Crippen molar-refractivity contribution in [3.63, 3.8) is 0 Å². The average molecular weight is 451 g/mol. The van der Waals surface area contributed by atoms with Crippen LogP contribution in [0.1, 0.15) is 0 Å². The molecule has 0 radical (unpaired) electrons. The minimum atomic E-state index is -0.478. The van der Waals surface area contributed by atoms with Crippen LogP contribution in [-0.2, 0) is 33.2 Å². The summed E-state index contributed by atoms with van der Waals surface area (Å²) in [5.74, 6) is 0. The average Bonchev–Trinajstić information content (AvgIpc) is 3.04. The van der Waals surface area contributed by atoms with Crippen LogP contribution >= 0.6 is 0 Å². The second-order valence-electron chi connectivity index (χ2n) is 8.40. The van der Waals surface area contributed by atoms with Gasteiger partial charge in [0.1, 0.15) is 0 Å². The standard InChI is InChI=1S/C21H42N2O8/c1-22-7-8-23(19(22)24)9-10-30-16-21(14-28-5,15-29-6)18-31-17-20(11-25-2,12-26-3)13-27-4/h7-18H2,1-6H3. The van der Waals surface area contributed by atoms with E-state index in [4.69, 9.17) is 33.2 Å². The minimum absolute atomic E-state index is 0.0396. The highest BCUT2D eigenvalue weighted by molar-refractivity contribution is 5.76. The van der Waals surface area contributed by atoms with Gasteiger partial charge in [0.15, 0.2) is 0 Å². The molecular formula is C21H42N2O8. The predicted molar refractivity (Wildman–Crippen MR) is 115 cm³/mol. The molecule has 0 aliphatic carbocycles. The normalized spacial score (nSPS) is 15.4. The van der Waals surface area contributed by atoms with E-state index in [1.165, 1.54) is 0 Å². The molecule has 0 N–H and O–H groups in total. The highest BCUT2D eigenvalue weighted by atomic mass is 16.5. The fourth-order valence-corrected chi connectivity index (χ4v) is 3.89. The number of likely N-dealkylation sites (N-methyl/N-ethyl adjacent to an activating group) is 1. The largest absolute Gasteiger partial charge is 0.384 e. The fraction of sp³-hybridized carbons (Fsp3) is 0.952. The highest BCUT2D eigenvalue weighted by Crippen LogP contribution is 2.24. The molecule has 1 rings (SSSR count). The van der Waals surface area contributed by atoms with Crippen molar-refractivity contribution < 1.29 is 38.0 Å². The van der Waals surface area contributed by atoms with Crippen LogP contribution in [0, 0.1) is 10.8 Å². The topological polar surface area (TPSA) is 88.2 Å². The first-order chi connectivity index (χ1) is 14.9. The molecule has 0 aromatic rings. The molecule has 2 amide bonds. The summed E-state index contributed by atoms with van der Waals surface area (Å²) < 4.78 is 39.2. The zero-order valence-corrected chi connectivity index (χ0v) is 20.1. The summed E-state index contributed by atoms with van der Waals surface area (Å²) in [6, 6.07) is 0.0396. The van der Waals surface area contributed by atoms with Gasteiger partial charge >= 0.3 is 6.03 Å². The Kier molecular flexibility index (Phi) is 13.5. The number of hydrogen-bond acceptors (Lipinski definition) is 8. The number of carbonyl (C=O) groups excluding carboxylic acids is 1. The lowest BCUT2D eigenvalue weighted by Crippen LogP contribution is -2.45. The molecule has 0 aromatic heterocycles. The first kappa shape index (κ1) is 28.0. The first-order valence-corrected chi connectivity index (χ1v) is 10.5. The Morgan fingerprint density at radius 2 is 1.10 bits per heavy atom. The summed E-state index contributed by atoms with van der Waals surface area (Å²) in [5.41, 5.74) is -0.888. The predicted octanol–water partition coefficient (Wildman–Crippen LogP) is 0.592. The molecule has 0 unspecified atom stereocenters. The van der Waals surface area contributed by atoms with Crippen molar-refractivity contribution in [1.82, 2.24) is 9.80 Å². The second-order valence-corrected chi connectivity index (χ2v) is 8.40. The van der Waals surface area contributed by atoms with E-state index < -0.39 is 10.8 Å². The maximum absolute atomic E-state index is 12.0. The van der Waals surface area contributed by atoms with Crippen LogP contribution in [0.15, 0.2) is 0 Å². The Labute approximate surface area is 187 Å². The number of nitrogens with zero attached hydrogens (tertiary/aromatic N) is 2. The van der Waals surface area contributed by atoms with Gasteiger partial charge in [-0.1, -0.05) is 0 Å². The third-order valence-corrected chi connectivity index (χ3v) is 5.29. The van der Waals surface area contributed by atoms with E-state index in [0.717, 1.165) is 13.1 Å². The fourth-order valence-electron chi connectivity index (χ4n) is 3.89. The van der Waals surface area contributed by atoms with E-state index in [9.17, 15) is 4.79 Å². The molecule has 0 saturated carbocycles. The van der Waals surface area contributed by atoms with Crippen molar-refractivity contribution in [3.05, 3.63) is 0 Å². The number of rotatable bonds is 19. The number of urea groups is 1. The zero-order chi connectivity index (χ0) is 23.2.